The fraction of sp³-hybridized carbons (Fsp3) is 0.318. The number of benzene rings is 2. The van der Waals surface area contributed by atoms with Gasteiger partial charge in [0.05, 0.1) is 29.6 Å². The average Bonchev–Trinajstić information content (AvgIpc) is 2.66. The zero-order valence-corrected chi connectivity index (χ0v) is 15.3. The van der Waals surface area contributed by atoms with Crippen LogP contribution in [0.15, 0.2) is 60.8 Å². The van der Waals surface area contributed by atoms with Crippen molar-refractivity contribution in [2.75, 3.05) is 18.0 Å². The molecule has 134 valence electrons. The smallest absolute Gasteiger partial charge is 0.120 e. The van der Waals surface area contributed by atoms with Crippen molar-refractivity contribution < 1.29 is 9.47 Å². The summed E-state index contributed by atoms with van der Waals surface area (Å²) in [6, 6.07) is 18.5. The molecule has 3 aromatic rings. The molecule has 1 aromatic heterocycles. The van der Waals surface area contributed by atoms with Gasteiger partial charge in [0.1, 0.15) is 12.4 Å². The van der Waals surface area contributed by atoms with E-state index in [1.807, 2.05) is 36.5 Å². The Morgan fingerprint density at radius 3 is 2.58 bits per heavy atom. The highest BCUT2D eigenvalue weighted by Crippen LogP contribution is 2.26. The second kappa shape index (κ2) is 7.34. The minimum absolute atomic E-state index is 0.231. The van der Waals surface area contributed by atoms with Gasteiger partial charge in [0.2, 0.25) is 0 Å². The third-order valence-corrected chi connectivity index (χ3v) is 4.67. The summed E-state index contributed by atoms with van der Waals surface area (Å²) in [7, 11) is 0. The van der Waals surface area contributed by atoms with Crippen molar-refractivity contribution in [3.63, 3.8) is 0 Å². The Bertz CT molecular complexity index is 872. The van der Waals surface area contributed by atoms with Crippen LogP contribution >= 0.6 is 0 Å². The van der Waals surface area contributed by atoms with Crippen LogP contribution in [0.5, 0.6) is 5.75 Å². The minimum atomic E-state index is 0.231. The quantitative estimate of drug-likeness (QED) is 0.699. The van der Waals surface area contributed by atoms with Gasteiger partial charge in [-0.15, -0.1) is 0 Å². The molecule has 2 unspecified atom stereocenters. The molecule has 0 saturated carbocycles. The van der Waals surface area contributed by atoms with Crippen LogP contribution in [0.2, 0.25) is 0 Å². The van der Waals surface area contributed by atoms with E-state index in [4.69, 9.17) is 9.47 Å². The summed E-state index contributed by atoms with van der Waals surface area (Å²) < 4.78 is 11.8. The number of aromatic nitrogens is 1. The van der Waals surface area contributed by atoms with Crippen molar-refractivity contribution in [3.8, 4) is 5.75 Å². The van der Waals surface area contributed by atoms with Crippen molar-refractivity contribution in [2.24, 2.45) is 0 Å². The van der Waals surface area contributed by atoms with E-state index in [1.165, 1.54) is 0 Å². The third-order valence-electron chi connectivity index (χ3n) is 4.67. The molecule has 1 aliphatic heterocycles. The van der Waals surface area contributed by atoms with E-state index in [0.29, 0.717) is 6.61 Å². The predicted octanol–water partition coefficient (Wildman–Crippen LogP) is 4.43. The van der Waals surface area contributed by atoms with E-state index in [-0.39, 0.29) is 12.2 Å². The second-order valence-corrected chi connectivity index (χ2v) is 6.98. The molecule has 2 atom stereocenters. The van der Waals surface area contributed by atoms with Gasteiger partial charge in [0.15, 0.2) is 0 Å². The number of fused-ring (bicyclic) bond motifs is 1. The van der Waals surface area contributed by atoms with Crippen molar-refractivity contribution >= 4 is 16.6 Å². The highest BCUT2D eigenvalue weighted by atomic mass is 16.5. The normalized spacial score (nSPS) is 20.3. The summed E-state index contributed by atoms with van der Waals surface area (Å²) >= 11 is 0. The Hall–Kier alpha value is -2.59. The number of anilines is 1. The first-order chi connectivity index (χ1) is 12.7. The van der Waals surface area contributed by atoms with E-state index in [1.54, 1.807) is 0 Å². The molecule has 2 aromatic carbocycles. The number of nitrogens with zero attached hydrogens (tertiary/aromatic N) is 2. The SMILES string of the molecule is CC1CN(c2cnc3ccc(OCc4ccccc4)cc3c2)CC(C)O1. The Morgan fingerprint density at radius 1 is 1.04 bits per heavy atom. The molecule has 4 rings (SSSR count). The lowest BCUT2D eigenvalue weighted by atomic mass is 10.1. The lowest BCUT2D eigenvalue weighted by molar-refractivity contribution is -0.00522. The van der Waals surface area contributed by atoms with Crippen molar-refractivity contribution in [1.29, 1.82) is 0 Å². The van der Waals surface area contributed by atoms with Crippen molar-refractivity contribution in [1.82, 2.24) is 4.98 Å². The maximum absolute atomic E-state index is 5.96. The molecular formula is C22H24N2O2. The van der Waals surface area contributed by atoms with E-state index in [9.17, 15) is 0 Å². The fourth-order valence-corrected chi connectivity index (χ4v) is 3.49. The van der Waals surface area contributed by atoms with Crippen LogP contribution in [-0.4, -0.2) is 30.3 Å². The van der Waals surface area contributed by atoms with Gasteiger partial charge in [-0.05, 0) is 43.7 Å². The number of morpholine rings is 1. The van der Waals surface area contributed by atoms with Crippen LogP contribution in [-0.2, 0) is 11.3 Å². The zero-order valence-electron chi connectivity index (χ0n) is 15.3. The van der Waals surface area contributed by atoms with E-state index in [2.05, 4.69) is 48.0 Å². The van der Waals surface area contributed by atoms with Crippen LogP contribution < -0.4 is 9.64 Å². The number of pyridine rings is 1. The van der Waals surface area contributed by atoms with Gasteiger partial charge in [-0.1, -0.05) is 30.3 Å². The molecular weight excluding hydrogens is 324 g/mol. The summed E-state index contributed by atoms with van der Waals surface area (Å²) in [5, 5.41) is 1.10. The van der Waals surface area contributed by atoms with E-state index >= 15 is 0 Å². The predicted molar refractivity (Wildman–Crippen MR) is 105 cm³/mol. The summed E-state index contributed by atoms with van der Waals surface area (Å²) in [5.74, 6) is 0.865. The van der Waals surface area contributed by atoms with Crippen LogP contribution in [0, 0.1) is 0 Å². The Balaban J connectivity index is 1.54. The summed E-state index contributed by atoms with van der Waals surface area (Å²) in [6.45, 7) is 6.58. The molecule has 0 amide bonds. The lowest BCUT2D eigenvalue weighted by Crippen LogP contribution is -2.45. The molecule has 0 spiro atoms. The average molecular weight is 348 g/mol. The van der Waals surface area contributed by atoms with E-state index in [0.717, 1.165) is 41.0 Å². The fourth-order valence-electron chi connectivity index (χ4n) is 3.49. The maximum atomic E-state index is 5.96. The van der Waals surface area contributed by atoms with Gasteiger partial charge >= 0.3 is 0 Å². The third kappa shape index (κ3) is 3.81. The summed E-state index contributed by atoms with van der Waals surface area (Å²) in [6.07, 6.45) is 2.42. The van der Waals surface area contributed by atoms with Gasteiger partial charge in [-0.25, -0.2) is 0 Å². The van der Waals surface area contributed by atoms with Gasteiger partial charge in [0.25, 0.3) is 0 Å². The number of hydrogen-bond donors (Lipinski definition) is 0. The molecule has 4 nitrogen and oxygen atoms in total. The van der Waals surface area contributed by atoms with E-state index < -0.39 is 0 Å². The number of rotatable bonds is 4. The molecule has 0 aliphatic carbocycles. The standard InChI is InChI=1S/C22H24N2O2/c1-16-13-24(14-17(2)26-16)20-10-19-11-21(8-9-22(19)23-12-20)25-15-18-6-4-3-5-7-18/h3-12,16-17H,13-15H2,1-2H3. The van der Waals surface area contributed by atoms with Gasteiger partial charge in [0, 0.05) is 18.5 Å². The van der Waals surface area contributed by atoms with Gasteiger partial charge < -0.3 is 14.4 Å². The Kier molecular flexibility index (Phi) is 4.76. The first kappa shape index (κ1) is 16.9. The van der Waals surface area contributed by atoms with Crippen molar-refractivity contribution in [2.45, 2.75) is 32.7 Å². The second-order valence-electron chi connectivity index (χ2n) is 6.98. The number of hydrogen-bond acceptors (Lipinski definition) is 4. The molecule has 0 bridgehead atoms. The largest absolute Gasteiger partial charge is 0.489 e. The molecule has 0 N–H and O–H groups in total. The Labute approximate surface area is 154 Å². The van der Waals surface area contributed by atoms with Crippen LogP contribution in [0.4, 0.5) is 5.69 Å². The van der Waals surface area contributed by atoms with Gasteiger partial charge in [-0.3, -0.25) is 4.98 Å². The minimum Gasteiger partial charge on any atom is -0.489 e. The molecule has 0 radical (unpaired) electrons. The lowest BCUT2D eigenvalue weighted by Gasteiger charge is -2.36. The monoisotopic (exact) mass is 348 g/mol. The highest BCUT2D eigenvalue weighted by Gasteiger charge is 2.22. The molecule has 1 aliphatic rings. The number of ether oxygens (including phenoxy) is 2. The molecule has 1 saturated heterocycles. The molecule has 1 fully saturated rings. The van der Waals surface area contributed by atoms with Crippen LogP contribution in [0.25, 0.3) is 10.9 Å². The Morgan fingerprint density at radius 2 is 1.81 bits per heavy atom. The maximum Gasteiger partial charge on any atom is 0.120 e. The first-order valence-electron chi connectivity index (χ1n) is 9.14. The summed E-state index contributed by atoms with van der Waals surface area (Å²) in [4.78, 5) is 6.98. The van der Waals surface area contributed by atoms with Crippen LogP contribution in [0.1, 0.15) is 19.4 Å². The topological polar surface area (TPSA) is 34.6 Å². The first-order valence-corrected chi connectivity index (χ1v) is 9.14. The molecule has 4 heteroatoms. The van der Waals surface area contributed by atoms with Gasteiger partial charge in [-0.2, -0.15) is 0 Å². The van der Waals surface area contributed by atoms with Crippen molar-refractivity contribution in [3.05, 3.63) is 66.4 Å². The summed E-state index contributed by atoms with van der Waals surface area (Å²) in [5.41, 5.74) is 3.28. The molecule has 26 heavy (non-hydrogen) atoms. The zero-order chi connectivity index (χ0) is 17.9. The highest BCUT2D eigenvalue weighted by molar-refractivity contribution is 5.83. The molecule has 2 heterocycles. The van der Waals surface area contributed by atoms with Crippen LogP contribution in [0.3, 0.4) is 0 Å².